The van der Waals surface area contributed by atoms with Crippen molar-refractivity contribution in [3.05, 3.63) is 272 Å². The highest BCUT2D eigenvalue weighted by molar-refractivity contribution is 6.40. The van der Waals surface area contributed by atoms with Gasteiger partial charge >= 0.3 is 12.3 Å². The molecule has 0 saturated heterocycles. The molecule has 1 atom stereocenters. The smallest absolute Gasteiger partial charge is 0.416 e. The molecule has 0 aliphatic carbocycles. The number of nitrogens with one attached hydrogen (secondary N) is 3. The van der Waals surface area contributed by atoms with E-state index in [1.807, 2.05) is 126 Å². The topological polar surface area (TPSA) is 235 Å². The average Bonchev–Trinajstić information content (AvgIpc) is 1.80. The van der Waals surface area contributed by atoms with Crippen molar-refractivity contribution in [2.24, 2.45) is 4.99 Å². The molecule has 17 nitrogen and oxygen atoms in total. The highest BCUT2D eigenvalue weighted by Gasteiger charge is 2.33. The predicted molar refractivity (Wildman–Crippen MR) is 409 cm³/mol. The van der Waals surface area contributed by atoms with Gasteiger partial charge in [0.25, 0.3) is 0 Å². The number of amides is 2. The molecule has 0 spiro atoms. The van der Waals surface area contributed by atoms with E-state index in [2.05, 4.69) is 82.9 Å². The van der Waals surface area contributed by atoms with Crippen LogP contribution in [0.3, 0.4) is 0 Å². The molecule has 2 amide bonds. The number of nitrogens with two attached hydrogens (primary N) is 1. The number of hydrogen-bond acceptors (Lipinski definition) is 15. The fraction of sp³-hybridized carbons (Fsp3) is 0.241. The summed E-state index contributed by atoms with van der Waals surface area (Å²) >= 11 is 9.53. The minimum atomic E-state index is -4.54. The molecular weight excluding hydrogens is 1380 g/mol. The van der Waals surface area contributed by atoms with Crippen LogP contribution in [0.15, 0.2) is 200 Å². The summed E-state index contributed by atoms with van der Waals surface area (Å²) in [6.07, 6.45) is 1.07. The number of carbonyl (C=O) groups is 5. The van der Waals surface area contributed by atoms with Crippen LogP contribution in [0.4, 0.5) is 46.4 Å². The Morgan fingerprint density at radius 2 is 1.07 bits per heavy atom. The van der Waals surface area contributed by atoms with Crippen LogP contribution in [0, 0.1) is 55.4 Å². The van der Waals surface area contributed by atoms with Crippen molar-refractivity contribution in [1.29, 1.82) is 0 Å². The van der Waals surface area contributed by atoms with E-state index in [9.17, 15) is 37.1 Å². The predicted octanol–water partition coefficient (Wildman–Crippen LogP) is 20.7. The molecule has 7 aromatic carbocycles. The molecule has 0 saturated carbocycles. The van der Waals surface area contributed by atoms with Crippen molar-refractivity contribution in [3.63, 3.8) is 0 Å². The number of pyridine rings is 3. The van der Waals surface area contributed by atoms with E-state index in [4.69, 9.17) is 52.9 Å². The number of ketones is 3. The molecule has 0 fully saturated rings. The van der Waals surface area contributed by atoms with E-state index in [1.54, 1.807) is 61.9 Å². The van der Waals surface area contributed by atoms with Gasteiger partial charge in [-0.15, -0.1) is 23.2 Å². The van der Waals surface area contributed by atoms with Gasteiger partial charge in [0.15, 0.2) is 5.78 Å². The number of aliphatic imine (C=N–C) groups is 1. The molecule has 2 aliphatic rings. The highest BCUT2D eigenvalue weighted by atomic mass is 35.5. The fourth-order valence-electron chi connectivity index (χ4n) is 11.0. The van der Waals surface area contributed by atoms with Crippen LogP contribution < -0.4 is 35.9 Å². The van der Waals surface area contributed by atoms with Crippen molar-refractivity contribution >= 4 is 86.7 Å². The largest absolute Gasteiger partial charge is 0.444 e. The lowest BCUT2D eigenvalue weighted by Gasteiger charge is -2.20. The van der Waals surface area contributed by atoms with E-state index >= 15 is 0 Å². The van der Waals surface area contributed by atoms with Crippen molar-refractivity contribution in [2.75, 3.05) is 27.0 Å². The van der Waals surface area contributed by atoms with Gasteiger partial charge in [-0.25, -0.2) is 19.7 Å². The summed E-state index contributed by atoms with van der Waals surface area (Å²) in [6.45, 7) is 20.6. The third kappa shape index (κ3) is 24.2. The van der Waals surface area contributed by atoms with Gasteiger partial charge in [0.1, 0.15) is 34.4 Å². The number of hydrogen-bond donors (Lipinski definition) is 4. The van der Waals surface area contributed by atoms with Crippen LogP contribution in [0.2, 0.25) is 0 Å². The monoisotopic (exact) mass is 1460 g/mol. The van der Waals surface area contributed by atoms with Gasteiger partial charge in [-0.2, -0.15) is 13.2 Å². The number of nitrogen functional groups attached to an aromatic ring is 1. The van der Waals surface area contributed by atoms with Crippen LogP contribution in [-0.2, 0) is 38.1 Å². The van der Waals surface area contributed by atoms with Gasteiger partial charge in [0.2, 0.25) is 23.5 Å². The Morgan fingerprint density at radius 3 is 1.65 bits per heavy atom. The Labute approximate surface area is 619 Å². The number of Topliss-reactive ketones (excluding diaryl/α,β-unsaturated/α-hetero) is 3. The first-order chi connectivity index (χ1) is 49.9. The summed E-state index contributed by atoms with van der Waals surface area (Å²) < 4.78 is 61.8. The number of alkyl halides is 5. The summed E-state index contributed by atoms with van der Waals surface area (Å²) in [5.74, 6) is 2.40. The third-order valence-electron chi connectivity index (χ3n) is 16.5. The summed E-state index contributed by atoms with van der Waals surface area (Å²) in [5.41, 5.74) is 20.1. The van der Waals surface area contributed by atoms with Gasteiger partial charge in [-0.05, 0) is 222 Å². The maximum atomic E-state index is 13.1. The maximum absolute atomic E-state index is 13.1. The van der Waals surface area contributed by atoms with E-state index in [0.29, 0.717) is 77.5 Å². The van der Waals surface area contributed by atoms with Crippen molar-refractivity contribution < 1.29 is 56.1 Å². The number of anilines is 4. The number of aromatic nitrogens is 3. The number of benzene rings is 7. The second-order valence-electron chi connectivity index (χ2n) is 26.0. The fourth-order valence-corrected chi connectivity index (χ4v) is 11.0. The zero-order valence-corrected chi connectivity index (χ0v) is 61.7. The first-order valence-electron chi connectivity index (χ1n) is 33.6. The van der Waals surface area contributed by atoms with E-state index in [-0.39, 0.29) is 39.8 Å². The number of carbonyl (C=O) groups excluding carboxylic acids is 5. The number of ether oxygens (including phenoxy) is 4. The Hall–Kier alpha value is -11.2. The summed E-state index contributed by atoms with van der Waals surface area (Å²) in [4.78, 5) is 78.7. The molecule has 5 N–H and O–H groups in total. The van der Waals surface area contributed by atoms with E-state index in [1.165, 1.54) is 47.4 Å². The van der Waals surface area contributed by atoms with Gasteiger partial charge in [0, 0.05) is 85.0 Å². The average molecular weight is 1460 g/mol. The molecule has 5 heterocycles. The van der Waals surface area contributed by atoms with Crippen LogP contribution >= 0.6 is 23.2 Å². The molecule has 105 heavy (non-hydrogen) atoms. The second kappa shape index (κ2) is 36.8. The first kappa shape index (κ1) is 79.5. The van der Waals surface area contributed by atoms with Gasteiger partial charge < -0.3 is 35.3 Å². The van der Waals surface area contributed by atoms with Crippen molar-refractivity contribution in [2.45, 2.75) is 126 Å². The number of halogens is 5. The Kier molecular flexibility index (Phi) is 27.8. The second-order valence-corrected chi connectivity index (χ2v) is 26.9. The van der Waals surface area contributed by atoms with Gasteiger partial charge in [-0.3, -0.25) is 29.5 Å². The number of aryl methyl sites for hydroxylation is 8. The number of fused-ring (bicyclic) bond motifs is 2. The highest BCUT2D eigenvalue weighted by Crippen LogP contribution is 2.37. The van der Waals surface area contributed by atoms with Crippen LogP contribution in [-0.4, -0.2) is 61.0 Å². The lowest BCUT2D eigenvalue weighted by molar-refractivity contribution is -0.138. The number of rotatable bonds is 13. The Bertz CT molecular complexity index is 4770. The molecule has 0 bridgehead atoms. The molecular formula is C83H83Cl2F3N8O9. The molecule has 0 radical (unpaired) electrons. The zero-order chi connectivity index (χ0) is 76.1. The summed E-state index contributed by atoms with van der Waals surface area (Å²) in [5, 5.41) is 8.82. The Morgan fingerprint density at radius 1 is 0.543 bits per heavy atom. The van der Waals surface area contributed by atoms with Gasteiger partial charge in [-0.1, -0.05) is 72.8 Å². The van der Waals surface area contributed by atoms with Crippen molar-refractivity contribution in [3.8, 4) is 34.9 Å². The van der Waals surface area contributed by atoms with Crippen LogP contribution in [0.5, 0.6) is 34.9 Å². The van der Waals surface area contributed by atoms with Crippen molar-refractivity contribution in [1.82, 2.24) is 15.0 Å². The lowest BCUT2D eigenvalue weighted by Crippen LogP contribution is -2.27. The lowest BCUT2D eigenvalue weighted by atomic mass is 9.99. The van der Waals surface area contributed by atoms with E-state index in [0.717, 1.165) is 56.5 Å². The molecule has 22 heteroatoms. The minimum Gasteiger partial charge on any atom is -0.444 e. The zero-order valence-electron chi connectivity index (χ0n) is 60.2. The number of nitrogens with zero attached hydrogens (tertiary/aromatic N) is 4. The molecule has 12 rings (SSSR count). The molecule has 2 aliphatic heterocycles. The quantitative estimate of drug-likeness (QED) is 0.0364. The maximum Gasteiger partial charge on any atom is 0.416 e. The SMILES string of the molecule is Cc1cc(C)c(C(F)(F)F)cc1NC(=O)CC(=O)c1cccc(Oc2ccccn2)c1.Cc1cc(N)c(NC(=O)OC(C)(C)C)cc1C.Cc1cc2c(cc1C)N=C(c1cccc(Oc3ccccn3)c1)CC(=O)C2.Cc1cc2c(cc1C)NC(c1cccc(Oc3ccccn3)c1)CC(=O)C2.ClCCl. The van der Waals surface area contributed by atoms with Crippen LogP contribution in [0.25, 0.3) is 0 Å². The molecule has 3 aromatic heterocycles. The van der Waals surface area contributed by atoms with E-state index < -0.39 is 41.5 Å². The minimum absolute atomic E-state index is 0.0166. The van der Waals surface area contributed by atoms with Crippen LogP contribution in [0.1, 0.15) is 129 Å². The third-order valence-corrected chi connectivity index (χ3v) is 16.5. The molecule has 1 unspecified atom stereocenters. The summed E-state index contributed by atoms with van der Waals surface area (Å²) in [7, 11) is 0. The first-order valence-corrected chi connectivity index (χ1v) is 34.6. The molecule has 544 valence electrons. The normalized spacial score (nSPS) is 12.9. The van der Waals surface area contributed by atoms with Gasteiger partial charge in [0.05, 0.1) is 46.1 Å². The summed E-state index contributed by atoms with van der Waals surface area (Å²) in [6, 6.07) is 52.2. The standard InChI is InChI=1S/C23H19F3N2O3.C23H22N2O2.C23H20N2O2.C13H20N2O2.CH2Cl2/c1-14-10-15(2)19(12-18(14)23(24,25)26)28-21(30)13-20(29)16-6-5-7-17(11-16)31-22-8-3-4-9-27-22;2*1-15-10-18-12-19(26)14-22(25-21(18)11-16(15)2)17-6-5-7-20(13-17)27-23-8-3-4-9-24-23;1-8-6-10(14)11(7-9(8)2)15-12(16)17-13(3,4)5;2-1-3/h3-12H,13H2,1-2H3,(H,28,30);3-11,13,22,25H,12,14H2,1-2H3;3-11,13H,12,14H2,1-2H3;6-7H,14H2,1-5H3,(H,15,16);1H2. The Balaban J connectivity index is 0.000000178. The molecule has 10 aromatic rings.